The van der Waals surface area contributed by atoms with Crippen molar-refractivity contribution in [2.75, 3.05) is 18.9 Å². The van der Waals surface area contributed by atoms with Crippen molar-refractivity contribution in [3.8, 4) is 0 Å². The summed E-state index contributed by atoms with van der Waals surface area (Å²) in [5.74, 6) is 0.127. The predicted octanol–water partition coefficient (Wildman–Crippen LogP) is 2.73. The quantitative estimate of drug-likeness (QED) is 0.889. The van der Waals surface area contributed by atoms with Crippen molar-refractivity contribution in [1.29, 1.82) is 0 Å². The van der Waals surface area contributed by atoms with E-state index in [9.17, 15) is 4.79 Å². The van der Waals surface area contributed by atoms with Crippen LogP contribution in [-0.4, -0.2) is 30.4 Å². The average molecular weight is 246 g/mol. The summed E-state index contributed by atoms with van der Waals surface area (Å²) in [5, 5.41) is 3.03. The van der Waals surface area contributed by atoms with Gasteiger partial charge in [0.25, 0.3) is 0 Å². The monoisotopic (exact) mass is 246 g/mol. The number of hydrogen-bond donors (Lipinski definition) is 1. The SMILES string of the molecule is Cc1ccc(C)c(NC(=O)CC2CCCN2C)c1. The Morgan fingerprint density at radius 3 is 2.89 bits per heavy atom. The molecule has 1 aromatic rings. The Bertz CT molecular complexity index is 442. The van der Waals surface area contributed by atoms with Gasteiger partial charge in [-0.15, -0.1) is 0 Å². The fourth-order valence-electron chi connectivity index (χ4n) is 2.52. The first kappa shape index (κ1) is 13.1. The molecule has 1 heterocycles. The molecular formula is C15H22N2O. The molecule has 1 aromatic carbocycles. The number of nitrogens with one attached hydrogen (secondary N) is 1. The van der Waals surface area contributed by atoms with Crippen LogP contribution in [0.4, 0.5) is 5.69 Å². The molecule has 0 spiro atoms. The molecular weight excluding hydrogens is 224 g/mol. The van der Waals surface area contributed by atoms with Crippen LogP contribution in [0.5, 0.6) is 0 Å². The van der Waals surface area contributed by atoms with Crippen LogP contribution in [0.2, 0.25) is 0 Å². The van der Waals surface area contributed by atoms with E-state index >= 15 is 0 Å². The molecule has 3 heteroatoms. The van der Waals surface area contributed by atoms with Gasteiger partial charge < -0.3 is 10.2 Å². The minimum Gasteiger partial charge on any atom is -0.326 e. The minimum absolute atomic E-state index is 0.127. The van der Waals surface area contributed by atoms with E-state index < -0.39 is 0 Å². The zero-order chi connectivity index (χ0) is 13.1. The molecule has 1 amide bonds. The Morgan fingerprint density at radius 1 is 1.44 bits per heavy atom. The number of aryl methyl sites for hydroxylation is 2. The van der Waals surface area contributed by atoms with E-state index in [2.05, 4.69) is 23.3 Å². The molecule has 0 aliphatic carbocycles. The molecule has 2 rings (SSSR count). The number of rotatable bonds is 3. The van der Waals surface area contributed by atoms with Crippen LogP contribution in [-0.2, 0) is 4.79 Å². The minimum atomic E-state index is 0.127. The lowest BCUT2D eigenvalue weighted by atomic mass is 10.1. The number of benzene rings is 1. The van der Waals surface area contributed by atoms with Crippen LogP contribution in [0.15, 0.2) is 18.2 Å². The summed E-state index contributed by atoms with van der Waals surface area (Å²) in [6.07, 6.45) is 2.94. The predicted molar refractivity (Wildman–Crippen MR) is 74.8 cm³/mol. The molecule has 1 aliphatic rings. The second-order valence-corrected chi connectivity index (χ2v) is 5.35. The number of hydrogen-bond acceptors (Lipinski definition) is 2. The average Bonchev–Trinajstić information content (AvgIpc) is 2.70. The van der Waals surface area contributed by atoms with Crippen LogP contribution >= 0.6 is 0 Å². The smallest absolute Gasteiger partial charge is 0.225 e. The van der Waals surface area contributed by atoms with Crippen molar-refractivity contribution in [3.05, 3.63) is 29.3 Å². The third kappa shape index (κ3) is 3.10. The summed E-state index contributed by atoms with van der Waals surface area (Å²) in [6.45, 7) is 5.18. The molecule has 0 saturated carbocycles. The molecule has 1 aliphatic heterocycles. The van der Waals surface area contributed by atoms with Crippen molar-refractivity contribution in [1.82, 2.24) is 4.90 Å². The fourth-order valence-corrected chi connectivity index (χ4v) is 2.52. The molecule has 0 bridgehead atoms. The Hall–Kier alpha value is -1.35. The maximum Gasteiger partial charge on any atom is 0.225 e. The van der Waals surface area contributed by atoms with Gasteiger partial charge in [0.15, 0.2) is 0 Å². The molecule has 3 nitrogen and oxygen atoms in total. The summed E-state index contributed by atoms with van der Waals surface area (Å²) in [4.78, 5) is 14.3. The van der Waals surface area contributed by atoms with Crippen LogP contribution in [0.1, 0.15) is 30.4 Å². The van der Waals surface area contributed by atoms with Crippen LogP contribution in [0, 0.1) is 13.8 Å². The van der Waals surface area contributed by atoms with E-state index in [4.69, 9.17) is 0 Å². The maximum atomic E-state index is 12.0. The van der Waals surface area contributed by atoms with Gasteiger partial charge in [0.05, 0.1) is 0 Å². The highest BCUT2D eigenvalue weighted by Crippen LogP contribution is 2.20. The van der Waals surface area contributed by atoms with Crippen molar-refractivity contribution in [3.63, 3.8) is 0 Å². The Balaban J connectivity index is 1.96. The van der Waals surface area contributed by atoms with Crippen LogP contribution in [0.25, 0.3) is 0 Å². The lowest BCUT2D eigenvalue weighted by molar-refractivity contribution is -0.117. The summed E-state index contributed by atoms with van der Waals surface area (Å²) < 4.78 is 0. The summed E-state index contributed by atoms with van der Waals surface area (Å²) in [5.41, 5.74) is 3.24. The van der Waals surface area contributed by atoms with E-state index in [-0.39, 0.29) is 5.91 Å². The first-order chi connectivity index (χ1) is 8.56. The largest absolute Gasteiger partial charge is 0.326 e. The fraction of sp³-hybridized carbons (Fsp3) is 0.533. The first-order valence-electron chi connectivity index (χ1n) is 6.63. The molecule has 1 saturated heterocycles. The van der Waals surface area contributed by atoms with Gasteiger partial charge in [-0.2, -0.15) is 0 Å². The highest BCUT2D eigenvalue weighted by atomic mass is 16.1. The number of carbonyl (C=O) groups excluding carboxylic acids is 1. The molecule has 18 heavy (non-hydrogen) atoms. The lowest BCUT2D eigenvalue weighted by Gasteiger charge is -2.19. The summed E-state index contributed by atoms with van der Waals surface area (Å²) in [7, 11) is 2.10. The number of anilines is 1. The van der Waals surface area contributed by atoms with E-state index in [1.165, 1.54) is 12.0 Å². The van der Waals surface area contributed by atoms with Gasteiger partial charge in [-0.05, 0) is 57.5 Å². The van der Waals surface area contributed by atoms with E-state index in [0.29, 0.717) is 12.5 Å². The first-order valence-corrected chi connectivity index (χ1v) is 6.63. The van der Waals surface area contributed by atoms with E-state index in [1.807, 2.05) is 26.0 Å². The Labute approximate surface area is 109 Å². The second kappa shape index (κ2) is 5.53. The molecule has 1 N–H and O–H groups in total. The highest BCUT2D eigenvalue weighted by Gasteiger charge is 2.23. The van der Waals surface area contributed by atoms with Gasteiger partial charge in [0.2, 0.25) is 5.91 Å². The van der Waals surface area contributed by atoms with Crippen molar-refractivity contribution in [2.45, 2.75) is 39.2 Å². The number of likely N-dealkylation sites (tertiary alicyclic amines) is 1. The molecule has 0 aromatic heterocycles. The van der Waals surface area contributed by atoms with E-state index in [1.54, 1.807) is 0 Å². The number of carbonyl (C=O) groups is 1. The zero-order valence-corrected chi connectivity index (χ0v) is 11.5. The lowest BCUT2D eigenvalue weighted by Crippen LogP contribution is -2.29. The van der Waals surface area contributed by atoms with Gasteiger partial charge in [-0.3, -0.25) is 4.79 Å². The third-order valence-corrected chi connectivity index (χ3v) is 3.76. The zero-order valence-electron chi connectivity index (χ0n) is 11.5. The van der Waals surface area contributed by atoms with Gasteiger partial charge in [0, 0.05) is 18.2 Å². The molecule has 1 atom stereocenters. The van der Waals surface area contributed by atoms with Crippen molar-refractivity contribution >= 4 is 11.6 Å². The maximum absolute atomic E-state index is 12.0. The summed E-state index contributed by atoms with van der Waals surface area (Å²) >= 11 is 0. The molecule has 98 valence electrons. The Morgan fingerprint density at radius 2 is 2.22 bits per heavy atom. The number of amides is 1. The van der Waals surface area contributed by atoms with Crippen LogP contribution < -0.4 is 5.32 Å². The van der Waals surface area contributed by atoms with Gasteiger partial charge in [0.1, 0.15) is 0 Å². The normalized spacial score (nSPS) is 20.1. The Kier molecular flexibility index (Phi) is 4.02. The highest BCUT2D eigenvalue weighted by molar-refractivity contribution is 5.92. The van der Waals surface area contributed by atoms with Crippen molar-refractivity contribution < 1.29 is 4.79 Å². The number of nitrogens with zero attached hydrogens (tertiary/aromatic N) is 1. The van der Waals surface area contributed by atoms with Crippen molar-refractivity contribution in [2.24, 2.45) is 0 Å². The van der Waals surface area contributed by atoms with Gasteiger partial charge >= 0.3 is 0 Å². The van der Waals surface area contributed by atoms with E-state index in [0.717, 1.165) is 24.2 Å². The molecule has 1 unspecified atom stereocenters. The van der Waals surface area contributed by atoms with Gasteiger partial charge in [-0.25, -0.2) is 0 Å². The standard InChI is InChI=1S/C15H22N2O/c1-11-6-7-12(2)14(9-11)16-15(18)10-13-5-4-8-17(13)3/h6-7,9,13H,4-5,8,10H2,1-3H3,(H,16,18). The van der Waals surface area contributed by atoms with Crippen LogP contribution in [0.3, 0.4) is 0 Å². The second-order valence-electron chi connectivity index (χ2n) is 5.35. The third-order valence-electron chi connectivity index (χ3n) is 3.76. The van der Waals surface area contributed by atoms with Gasteiger partial charge in [-0.1, -0.05) is 12.1 Å². The summed E-state index contributed by atoms with van der Waals surface area (Å²) in [6, 6.07) is 6.56. The topological polar surface area (TPSA) is 32.3 Å². The molecule has 1 fully saturated rings. The molecule has 0 radical (unpaired) electrons.